The summed E-state index contributed by atoms with van der Waals surface area (Å²) in [6.45, 7) is 0.794. The van der Waals surface area contributed by atoms with E-state index in [1.165, 1.54) is 12.7 Å². The maximum atomic E-state index is 11.1. The van der Waals surface area contributed by atoms with Crippen LogP contribution < -0.4 is 5.32 Å². The van der Waals surface area contributed by atoms with E-state index >= 15 is 0 Å². The van der Waals surface area contributed by atoms with Gasteiger partial charge in [-0.15, -0.1) is 0 Å². The molecule has 0 atom stereocenters. The molecular weight excluding hydrogens is 258 g/mol. The molecule has 1 amide bonds. The maximum Gasteiger partial charge on any atom is 0.246 e. The summed E-state index contributed by atoms with van der Waals surface area (Å²) < 4.78 is 4.71. The first kappa shape index (κ1) is 14.4. The smallest absolute Gasteiger partial charge is 0.246 e. The molecule has 0 bridgehead atoms. The van der Waals surface area contributed by atoms with E-state index in [2.05, 4.69) is 5.32 Å². The van der Waals surface area contributed by atoms with Crippen LogP contribution in [0.1, 0.15) is 5.56 Å². The standard InChI is InChI=1S/C12H16ClNO2S/c1-16-8-12(15)14-6-7-17-9-10-2-4-11(13)5-3-10/h2-5H,6-9H2,1H3,(H,14,15). The summed E-state index contributed by atoms with van der Waals surface area (Å²) >= 11 is 7.57. The lowest BCUT2D eigenvalue weighted by Gasteiger charge is -2.04. The van der Waals surface area contributed by atoms with Crippen LogP contribution in [0.4, 0.5) is 0 Å². The first-order valence-electron chi connectivity index (χ1n) is 5.30. The van der Waals surface area contributed by atoms with Crippen LogP contribution in [0.2, 0.25) is 5.02 Å². The molecule has 5 heteroatoms. The molecule has 0 aliphatic heterocycles. The Morgan fingerprint density at radius 3 is 2.76 bits per heavy atom. The van der Waals surface area contributed by atoms with Crippen molar-refractivity contribution in [2.45, 2.75) is 5.75 Å². The fourth-order valence-electron chi connectivity index (χ4n) is 1.22. The summed E-state index contributed by atoms with van der Waals surface area (Å²) in [5, 5.41) is 3.53. The fraction of sp³-hybridized carbons (Fsp3) is 0.417. The Kier molecular flexibility index (Phi) is 7.08. The minimum Gasteiger partial charge on any atom is -0.375 e. The number of amides is 1. The highest BCUT2D eigenvalue weighted by atomic mass is 35.5. The largest absolute Gasteiger partial charge is 0.375 e. The van der Waals surface area contributed by atoms with Crippen molar-refractivity contribution in [1.29, 1.82) is 0 Å². The van der Waals surface area contributed by atoms with Crippen molar-refractivity contribution >= 4 is 29.3 Å². The lowest BCUT2D eigenvalue weighted by atomic mass is 10.2. The lowest BCUT2D eigenvalue weighted by Crippen LogP contribution is -2.29. The Balaban J connectivity index is 2.08. The summed E-state index contributed by atoms with van der Waals surface area (Å²) in [4.78, 5) is 11.1. The minimum atomic E-state index is -0.0698. The first-order chi connectivity index (χ1) is 8.22. The maximum absolute atomic E-state index is 11.1. The molecule has 1 rings (SSSR count). The van der Waals surface area contributed by atoms with Gasteiger partial charge in [-0.05, 0) is 17.7 Å². The van der Waals surface area contributed by atoms with Crippen molar-refractivity contribution in [3.05, 3.63) is 34.9 Å². The molecule has 3 nitrogen and oxygen atoms in total. The van der Waals surface area contributed by atoms with E-state index in [0.717, 1.165) is 16.5 Å². The van der Waals surface area contributed by atoms with Crippen molar-refractivity contribution in [1.82, 2.24) is 5.32 Å². The molecule has 1 N–H and O–H groups in total. The minimum absolute atomic E-state index is 0.0698. The van der Waals surface area contributed by atoms with Gasteiger partial charge in [0.15, 0.2) is 0 Å². The summed E-state index contributed by atoms with van der Waals surface area (Å²) in [6.07, 6.45) is 0. The molecule has 94 valence electrons. The molecule has 1 aromatic carbocycles. The summed E-state index contributed by atoms with van der Waals surface area (Å²) in [5.74, 6) is 1.75. The zero-order chi connectivity index (χ0) is 12.5. The van der Waals surface area contributed by atoms with Crippen LogP contribution in [-0.2, 0) is 15.3 Å². The van der Waals surface area contributed by atoms with Crippen LogP contribution in [0.15, 0.2) is 24.3 Å². The van der Waals surface area contributed by atoms with Gasteiger partial charge in [-0.25, -0.2) is 0 Å². The quantitative estimate of drug-likeness (QED) is 0.775. The van der Waals surface area contributed by atoms with E-state index in [-0.39, 0.29) is 12.5 Å². The van der Waals surface area contributed by atoms with Gasteiger partial charge in [-0.2, -0.15) is 11.8 Å². The second-order valence-corrected chi connectivity index (χ2v) is 5.00. The SMILES string of the molecule is COCC(=O)NCCSCc1ccc(Cl)cc1. The van der Waals surface area contributed by atoms with Gasteiger partial charge >= 0.3 is 0 Å². The van der Waals surface area contributed by atoms with Gasteiger partial charge in [0.05, 0.1) is 0 Å². The second kappa shape index (κ2) is 8.39. The Morgan fingerprint density at radius 1 is 1.41 bits per heavy atom. The molecule has 0 unspecified atom stereocenters. The number of benzene rings is 1. The Bertz CT molecular complexity index is 343. The van der Waals surface area contributed by atoms with Gasteiger partial charge < -0.3 is 10.1 Å². The topological polar surface area (TPSA) is 38.3 Å². The van der Waals surface area contributed by atoms with Crippen molar-refractivity contribution in [3.8, 4) is 0 Å². The zero-order valence-electron chi connectivity index (χ0n) is 9.74. The molecule has 0 saturated carbocycles. The molecule has 0 aliphatic carbocycles. The monoisotopic (exact) mass is 273 g/mol. The molecule has 0 heterocycles. The van der Waals surface area contributed by atoms with Gasteiger partial charge in [-0.1, -0.05) is 23.7 Å². The Hall–Kier alpha value is -0.710. The summed E-state index contributed by atoms with van der Waals surface area (Å²) in [6, 6.07) is 7.80. The van der Waals surface area contributed by atoms with E-state index in [1.807, 2.05) is 24.3 Å². The third-order valence-electron chi connectivity index (χ3n) is 2.03. The molecule has 17 heavy (non-hydrogen) atoms. The lowest BCUT2D eigenvalue weighted by molar-refractivity contribution is -0.124. The highest BCUT2D eigenvalue weighted by molar-refractivity contribution is 7.98. The second-order valence-electron chi connectivity index (χ2n) is 3.46. The Labute approximate surface area is 111 Å². The normalized spacial score (nSPS) is 10.2. The Morgan fingerprint density at radius 2 is 2.12 bits per heavy atom. The van der Waals surface area contributed by atoms with Crippen LogP contribution in [0.25, 0.3) is 0 Å². The number of nitrogens with one attached hydrogen (secondary N) is 1. The van der Waals surface area contributed by atoms with E-state index in [1.54, 1.807) is 11.8 Å². The molecule has 0 spiro atoms. The number of carbonyl (C=O) groups excluding carboxylic acids is 1. The van der Waals surface area contributed by atoms with Gasteiger partial charge in [0.1, 0.15) is 6.61 Å². The fourth-order valence-corrected chi connectivity index (χ4v) is 2.16. The summed E-state index contributed by atoms with van der Waals surface area (Å²) in [7, 11) is 1.51. The third-order valence-corrected chi connectivity index (χ3v) is 3.31. The van der Waals surface area contributed by atoms with Crippen LogP contribution in [0.5, 0.6) is 0 Å². The number of rotatable bonds is 7. The zero-order valence-corrected chi connectivity index (χ0v) is 11.3. The molecule has 0 radical (unpaired) electrons. The highest BCUT2D eigenvalue weighted by Crippen LogP contribution is 2.14. The van der Waals surface area contributed by atoms with E-state index in [0.29, 0.717) is 6.54 Å². The van der Waals surface area contributed by atoms with Crippen LogP contribution in [-0.4, -0.2) is 31.9 Å². The number of methoxy groups -OCH3 is 1. The van der Waals surface area contributed by atoms with Crippen LogP contribution in [0.3, 0.4) is 0 Å². The molecule has 0 fully saturated rings. The van der Waals surface area contributed by atoms with Gasteiger partial charge in [0.2, 0.25) is 5.91 Å². The number of halogens is 1. The number of thioether (sulfide) groups is 1. The van der Waals surface area contributed by atoms with Crippen molar-refractivity contribution in [2.75, 3.05) is 26.0 Å². The predicted octanol–water partition coefficient (Wildman–Crippen LogP) is 2.34. The highest BCUT2D eigenvalue weighted by Gasteiger charge is 1.98. The summed E-state index contributed by atoms with van der Waals surface area (Å²) in [5.41, 5.74) is 1.24. The van der Waals surface area contributed by atoms with E-state index < -0.39 is 0 Å². The molecule has 0 saturated heterocycles. The molecule has 0 aromatic heterocycles. The predicted molar refractivity (Wildman–Crippen MR) is 72.5 cm³/mol. The number of carbonyl (C=O) groups is 1. The first-order valence-corrected chi connectivity index (χ1v) is 6.83. The number of ether oxygens (including phenoxy) is 1. The van der Waals surface area contributed by atoms with Crippen molar-refractivity contribution in [2.24, 2.45) is 0 Å². The average Bonchev–Trinajstić information content (AvgIpc) is 2.31. The third kappa shape index (κ3) is 6.56. The van der Waals surface area contributed by atoms with Gasteiger partial charge in [-0.3, -0.25) is 4.79 Å². The van der Waals surface area contributed by atoms with Crippen LogP contribution in [0, 0.1) is 0 Å². The van der Waals surface area contributed by atoms with Gasteiger partial charge in [0.25, 0.3) is 0 Å². The van der Waals surface area contributed by atoms with E-state index in [4.69, 9.17) is 16.3 Å². The number of hydrogen-bond donors (Lipinski definition) is 1. The average molecular weight is 274 g/mol. The van der Waals surface area contributed by atoms with Crippen molar-refractivity contribution < 1.29 is 9.53 Å². The van der Waals surface area contributed by atoms with Gasteiger partial charge in [0, 0.05) is 30.2 Å². The van der Waals surface area contributed by atoms with Crippen molar-refractivity contribution in [3.63, 3.8) is 0 Å². The molecular formula is C12H16ClNO2S. The van der Waals surface area contributed by atoms with E-state index in [9.17, 15) is 4.79 Å². The molecule has 0 aliphatic rings. The molecule has 1 aromatic rings. The number of hydrogen-bond acceptors (Lipinski definition) is 3. The van der Waals surface area contributed by atoms with Crippen LogP contribution >= 0.6 is 23.4 Å².